The van der Waals surface area contributed by atoms with Crippen molar-refractivity contribution in [1.82, 2.24) is 9.21 Å². The number of nitrogens with zero attached hydrogens (tertiary/aromatic N) is 3. The summed E-state index contributed by atoms with van der Waals surface area (Å²) in [6, 6.07) is 9.02. The van der Waals surface area contributed by atoms with Crippen LogP contribution in [0.15, 0.2) is 47.4 Å². The molecule has 1 fully saturated rings. The monoisotopic (exact) mass is 407 g/mol. The molecule has 0 spiro atoms. The number of nitro groups is 1. The van der Waals surface area contributed by atoms with E-state index in [1.54, 1.807) is 6.92 Å². The fourth-order valence-corrected chi connectivity index (χ4v) is 4.72. The molecule has 1 aliphatic heterocycles. The van der Waals surface area contributed by atoms with E-state index in [1.165, 1.54) is 39.5 Å². The van der Waals surface area contributed by atoms with E-state index < -0.39 is 20.8 Å². The van der Waals surface area contributed by atoms with Crippen molar-refractivity contribution in [3.8, 4) is 0 Å². The number of nitro benzene ring substituents is 1. The van der Waals surface area contributed by atoms with Gasteiger partial charge in [-0.15, -0.1) is 0 Å². The molecule has 1 amide bonds. The normalized spacial score (nSPS) is 15.4. The first-order chi connectivity index (χ1) is 13.2. The van der Waals surface area contributed by atoms with Crippen molar-refractivity contribution in [2.24, 2.45) is 0 Å². The van der Waals surface area contributed by atoms with Gasteiger partial charge in [-0.05, 0) is 30.7 Å². The maximum Gasteiger partial charge on any atom is 0.270 e. The maximum atomic E-state index is 13.3. The lowest BCUT2D eigenvalue weighted by atomic mass is 10.2. The molecule has 10 heteroatoms. The van der Waals surface area contributed by atoms with Crippen molar-refractivity contribution in [2.45, 2.75) is 11.8 Å². The molecule has 0 saturated carbocycles. The van der Waals surface area contributed by atoms with Gasteiger partial charge in [0.1, 0.15) is 5.82 Å². The van der Waals surface area contributed by atoms with Crippen LogP contribution in [0.4, 0.5) is 10.1 Å². The summed E-state index contributed by atoms with van der Waals surface area (Å²) in [5.74, 6) is -0.892. The molecule has 2 aromatic rings. The third-order valence-electron chi connectivity index (χ3n) is 4.60. The Morgan fingerprint density at radius 1 is 1.11 bits per heavy atom. The molecular weight excluding hydrogens is 389 g/mol. The van der Waals surface area contributed by atoms with E-state index in [2.05, 4.69) is 0 Å². The highest BCUT2D eigenvalue weighted by Crippen LogP contribution is 2.25. The zero-order chi connectivity index (χ0) is 20.5. The number of carbonyl (C=O) groups is 1. The number of non-ortho nitro benzene ring substituents is 1. The van der Waals surface area contributed by atoms with E-state index in [-0.39, 0.29) is 48.2 Å². The largest absolute Gasteiger partial charge is 0.336 e. The van der Waals surface area contributed by atoms with Crippen LogP contribution in [0, 0.1) is 22.9 Å². The number of hydrogen-bond donors (Lipinski definition) is 0. The highest BCUT2D eigenvalue weighted by Gasteiger charge is 2.32. The first kappa shape index (κ1) is 19.9. The molecule has 1 saturated heterocycles. The Morgan fingerprint density at radius 2 is 1.79 bits per heavy atom. The summed E-state index contributed by atoms with van der Waals surface area (Å²) in [6.07, 6.45) is 0. The van der Waals surface area contributed by atoms with Crippen molar-refractivity contribution in [3.05, 3.63) is 69.5 Å². The van der Waals surface area contributed by atoms with Gasteiger partial charge in [0.05, 0.1) is 9.82 Å². The van der Waals surface area contributed by atoms with Crippen molar-refractivity contribution >= 4 is 21.6 Å². The topological polar surface area (TPSA) is 101 Å². The maximum absolute atomic E-state index is 13.3. The minimum Gasteiger partial charge on any atom is -0.336 e. The van der Waals surface area contributed by atoms with E-state index in [0.29, 0.717) is 5.56 Å². The Hall–Kier alpha value is -2.85. The Labute approximate surface area is 161 Å². The molecule has 8 nitrogen and oxygen atoms in total. The van der Waals surface area contributed by atoms with Crippen molar-refractivity contribution in [3.63, 3.8) is 0 Å². The molecule has 148 valence electrons. The summed E-state index contributed by atoms with van der Waals surface area (Å²) in [6.45, 7) is 1.95. The summed E-state index contributed by atoms with van der Waals surface area (Å²) in [7, 11) is -3.94. The number of amides is 1. The van der Waals surface area contributed by atoms with Crippen LogP contribution in [0.25, 0.3) is 0 Å². The highest BCUT2D eigenvalue weighted by atomic mass is 32.2. The van der Waals surface area contributed by atoms with Crippen LogP contribution in [0.5, 0.6) is 0 Å². The number of benzene rings is 2. The SMILES string of the molecule is Cc1ccc([N+](=O)[O-])cc1S(=O)(=O)N1CCN(C(=O)c2cccc(F)c2)CC1. The molecule has 0 radical (unpaired) electrons. The Balaban J connectivity index is 1.76. The minimum absolute atomic E-state index is 0.0471. The second kappa shape index (κ2) is 7.64. The summed E-state index contributed by atoms with van der Waals surface area (Å²) in [5, 5.41) is 11.0. The molecule has 1 aliphatic rings. The van der Waals surface area contributed by atoms with E-state index in [0.717, 1.165) is 12.1 Å². The van der Waals surface area contributed by atoms with Gasteiger partial charge in [-0.2, -0.15) is 4.31 Å². The number of halogens is 1. The van der Waals surface area contributed by atoms with Crippen LogP contribution in [0.1, 0.15) is 15.9 Å². The molecule has 0 N–H and O–H groups in total. The van der Waals surface area contributed by atoms with Gasteiger partial charge >= 0.3 is 0 Å². The van der Waals surface area contributed by atoms with Gasteiger partial charge in [0.2, 0.25) is 10.0 Å². The van der Waals surface area contributed by atoms with Crippen LogP contribution < -0.4 is 0 Å². The van der Waals surface area contributed by atoms with E-state index in [9.17, 15) is 27.7 Å². The minimum atomic E-state index is -3.94. The number of carbonyl (C=O) groups excluding carboxylic acids is 1. The van der Waals surface area contributed by atoms with Crippen LogP contribution in [-0.2, 0) is 10.0 Å². The zero-order valence-electron chi connectivity index (χ0n) is 15.0. The van der Waals surface area contributed by atoms with Gasteiger partial charge in [0.15, 0.2) is 0 Å². The van der Waals surface area contributed by atoms with Gasteiger partial charge in [-0.1, -0.05) is 12.1 Å². The predicted molar refractivity (Wildman–Crippen MR) is 98.9 cm³/mol. The van der Waals surface area contributed by atoms with E-state index in [1.807, 2.05) is 0 Å². The zero-order valence-corrected chi connectivity index (χ0v) is 15.9. The quantitative estimate of drug-likeness (QED) is 0.571. The number of hydrogen-bond acceptors (Lipinski definition) is 5. The van der Waals surface area contributed by atoms with E-state index in [4.69, 9.17) is 0 Å². The lowest BCUT2D eigenvalue weighted by molar-refractivity contribution is -0.385. The fraction of sp³-hybridized carbons (Fsp3) is 0.278. The average molecular weight is 407 g/mol. The van der Waals surface area contributed by atoms with Crippen LogP contribution in [0.2, 0.25) is 0 Å². The van der Waals surface area contributed by atoms with Crippen LogP contribution in [0.3, 0.4) is 0 Å². The van der Waals surface area contributed by atoms with E-state index >= 15 is 0 Å². The highest BCUT2D eigenvalue weighted by molar-refractivity contribution is 7.89. The second-order valence-corrected chi connectivity index (χ2v) is 8.32. The molecule has 2 aromatic carbocycles. The summed E-state index contributed by atoms with van der Waals surface area (Å²) in [5.41, 5.74) is 0.304. The Morgan fingerprint density at radius 3 is 2.39 bits per heavy atom. The lowest BCUT2D eigenvalue weighted by Gasteiger charge is -2.34. The smallest absolute Gasteiger partial charge is 0.270 e. The molecular formula is C18H18FN3O5S. The third-order valence-corrected chi connectivity index (χ3v) is 6.64. The Bertz CT molecular complexity index is 1030. The lowest BCUT2D eigenvalue weighted by Crippen LogP contribution is -2.50. The van der Waals surface area contributed by atoms with Crippen molar-refractivity contribution in [2.75, 3.05) is 26.2 Å². The first-order valence-electron chi connectivity index (χ1n) is 8.50. The summed E-state index contributed by atoms with van der Waals surface area (Å²) >= 11 is 0. The first-order valence-corrected chi connectivity index (χ1v) is 9.94. The van der Waals surface area contributed by atoms with Crippen molar-refractivity contribution < 1.29 is 22.5 Å². The molecule has 1 heterocycles. The number of aryl methyl sites for hydroxylation is 1. The predicted octanol–water partition coefficient (Wildman–Crippen LogP) is 2.19. The van der Waals surface area contributed by atoms with Gasteiger partial charge in [0.25, 0.3) is 11.6 Å². The average Bonchev–Trinajstić information content (AvgIpc) is 2.67. The van der Waals surface area contributed by atoms with Gasteiger partial charge in [-0.25, -0.2) is 12.8 Å². The molecule has 0 unspecified atom stereocenters. The number of piperazine rings is 1. The van der Waals surface area contributed by atoms with Gasteiger partial charge in [0, 0.05) is 43.9 Å². The van der Waals surface area contributed by atoms with Crippen molar-refractivity contribution in [1.29, 1.82) is 0 Å². The molecule has 28 heavy (non-hydrogen) atoms. The Kier molecular flexibility index (Phi) is 5.43. The van der Waals surface area contributed by atoms with Crippen LogP contribution >= 0.6 is 0 Å². The molecule has 3 rings (SSSR count). The molecule has 0 aliphatic carbocycles. The molecule has 0 atom stereocenters. The third kappa shape index (κ3) is 3.87. The number of sulfonamides is 1. The fourth-order valence-electron chi connectivity index (χ4n) is 3.05. The van der Waals surface area contributed by atoms with Gasteiger partial charge < -0.3 is 4.90 Å². The van der Waals surface area contributed by atoms with Crippen LogP contribution in [-0.4, -0.2) is 54.6 Å². The second-order valence-electron chi connectivity index (χ2n) is 6.41. The molecule has 0 bridgehead atoms. The summed E-state index contributed by atoms with van der Waals surface area (Å²) < 4.78 is 40.4. The molecule has 0 aromatic heterocycles. The summed E-state index contributed by atoms with van der Waals surface area (Å²) in [4.78, 5) is 24.1. The van der Waals surface area contributed by atoms with Gasteiger partial charge in [-0.3, -0.25) is 14.9 Å². The standard InChI is InChI=1S/C18H18FN3O5S/c1-13-5-6-16(22(24)25)12-17(13)28(26,27)21-9-7-20(8-10-21)18(23)14-3-2-4-15(19)11-14/h2-6,11-12H,7-10H2,1H3. The number of rotatable bonds is 4.